The first-order valence-electron chi connectivity index (χ1n) is 7.20. The molecule has 10 nitrogen and oxygen atoms in total. The third kappa shape index (κ3) is 10.2. The number of carboxylic acid groups (broad SMARTS) is 3. The van der Waals surface area contributed by atoms with Crippen molar-refractivity contribution in [2.45, 2.75) is 26.3 Å². The van der Waals surface area contributed by atoms with E-state index in [-0.39, 0.29) is 19.6 Å². The van der Waals surface area contributed by atoms with Crippen LogP contribution < -0.4 is 10.6 Å². The highest BCUT2D eigenvalue weighted by molar-refractivity contribution is 5.66. The van der Waals surface area contributed by atoms with Crippen LogP contribution >= 0.6 is 0 Å². The quantitative estimate of drug-likeness (QED) is 0.415. The maximum Gasteiger partial charge on any atom is 0.407 e. The fourth-order valence-electron chi connectivity index (χ4n) is 1.94. The number of nitrogens with one attached hydrogen (secondary N) is 2. The van der Waals surface area contributed by atoms with Gasteiger partial charge in [0.05, 0.1) is 0 Å². The minimum Gasteiger partial charge on any atom is -0.465 e. The van der Waals surface area contributed by atoms with Crippen molar-refractivity contribution in [3.05, 3.63) is 0 Å². The van der Waals surface area contributed by atoms with E-state index in [0.717, 1.165) is 0 Å². The molecule has 0 fully saturated rings. The van der Waals surface area contributed by atoms with E-state index in [1.54, 1.807) is 25.7 Å². The normalized spacial score (nSPS) is 11.1. The fourth-order valence-corrected chi connectivity index (χ4v) is 1.94. The van der Waals surface area contributed by atoms with Gasteiger partial charge < -0.3 is 30.9 Å². The average Bonchev–Trinajstić information content (AvgIpc) is 2.35. The summed E-state index contributed by atoms with van der Waals surface area (Å²) in [6.45, 7) is 6.99. The van der Waals surface area contributed by atoms with E-state index in [1.165, 1.54) is 4.90 Å². The molecule has 0 bridgehead atoms. The molecule has 0 radical (unpaired) electrons. The van der Waals surface area contributed by atoms with Crippen LogP contribution in [0.3, 0.4) is 0 Å². The molecule has 0 spiro atoms. The molecule has 23 heavy (non-hydrogen) atoms. The molecular formula is C13H26N4O6. The Bertz CT molecular complexity index is 390. The summed E-state index contributed by atoms with van der Waals surface area (Å²) in [7, 11) is 0. The molecule has 0 aromatic rings. The van der Waals surface area contributed by atoms with Crippen molar-refractivity contribution in [1.29, 1.82) is 0 Å². The first-order chi connectivity index (χ1) is 10.5. The van der Waals surface area contributed by atoms with Gasteiger partial charge in [-0.2, -0.15) is 0 Å². The number of amides is 3. The van der Waals surface area contributed by atoms with Crippen molar-refractivity contribution >= 4 is 18.3 Å². The van der Waals surface area contributed by atoms with E-state index in [2.05, 4.69) is 10.6 Å². The Balaban J connectivity index is 4.54. The standard InChI is InChI=1S/C13H26N4O6/c1-13(2,3)17(12(22)23)9-8-16(6-4-14-10(18)19)7-5-15-11(20)21/h14-15H,4-9H2,1-3H3,(H,18,19)(H,20,21)(H,22,23). The summed E-state index contributed by atoms with van der Waals surface area (Å²) >= 11 is 0. The summed E-state index contributed by atoms with van der Waals surface area (Å²) < 4.78 is 0. The second-order valence-corrected chi connectivity index (χ2v) is 5.91. The minimum absolute atomic E-state index is 0.172. The second kappa shape index (κ2) is 9.72. The van der Waals surface area contributed by atoms with Gasteiger partial charge in [0, 0.05) is 44.8 Å². The van der Waals surface area contributed by atoms with Crippen LogP contribution in [0.4, 0.5) is 14.4 Å². The van der Waals surface area contributed by atoms with Crippen molar-refractivity contribution in [3.8, 4) is 0 Å². The third-order valence-corrected chi connectivity index (χ3v) is 3.09. The Hall–Kier alpha value is -2.23. The largest absolute Gasteiger partial charge is 0.465 e. The zero-order valence-electron chi connectivity index (χ0n) is 13.7. The van der Waals surface area contributed by atoms with Crippen LogP contribution in [0.15, 0.2) is 0 Å². The highest BCUT2D eigenvalue weighted by Crippen LogP contribution is 2.13. The maximum atomic E-state index is 11.3. The summed E-state index contributed by atoms with van der Waals surface area (Å²) in [4.78, 5) is 35.3. The molecule has 3 amide bonds. The van der Waals surface area contributed by atoms with Crippen LogP contribution in [-0.2, 0) is 0 Å². The lowest BCUT2D eigenvalue weighted by molar-refractivity contribution is 0.0911. The third-order valence-electron chi connectivity index (χ3n) is 3.09. The zero-order valence-corrected chi connectivity index (χ0v) is 13.7. The Morgan fingerprint density at radius 3 is 1.57 bits per heavy atom. The van der Waals surface area contributed by atoms with E-state index >= 15 is 0 Å². The average molecular weight is 334 g/mol. The molecule has 5 N–H and O–H groups in total. The van der Waals surface area contributed by atoms with Crippen LogP contribution in [-0.4, -0.2) is 88.2 Å². The molecule has 0 saturated heterocycles. The molecule has 0 rings (SSSR count). The lowest BCUT2D eigenvalue weighted by Crippen LogP contribution is -2.49. The molecule has 0 aliphatic rings. The van der Waals surface area contributed by atoms with E-state index in [0.29, 0.717) is 19.6 Å². The highest BCUT2D eigenvalue weighted by atomic mass is 16.4. The molecule has 0 aromatic carbocycles. The van der Waals surface area contributed by atoms with Crippen molar-refractivity contribution in [2.24, 2.45) is 0 Å². The van der Waals surface area contributed by atoms with Crippen LogP contribution in [0.1, 0.15) is 20.8 Å². The van der Waals surface area contributed by atoms with Gasteiger partial charge in [0.1, 0.15) is 0 Å². The molecule has 10 heteroatoms. The topological polar surface area (TPSA) is 142 Å². The van der Waals surface area contributed by atoms with E-state index in [9.17, 15) is 19.5 Å². The summed E-state index contributed by atoms with van der Waals surface area (Å²) in [5.74, 6) is 0. The summed E-state index contributed by atoms with van der Waals surface area (Å²) in [5, 5.41) is 30.8. The van der Waals surface area contributed by atoms with Gasteiger partial charge in [-0.1, -0.05) is 0 Å². The zero-order chi connectivity index (χ0) is 18.0. The second-order valence-electron chi connectivity index (χ2n) is 5.91. The molecule has 0 aliphatic carbocycles. The number of nitrogens with zero attached hydrogens (tertiary/aromatic N) is 2. The molecule has 0 aromatic heterocycles. The lowest BCUT2D eigenvalue weighted by Gasteiger charge is -2.35. The molecular weight excluding hydrogens is 308 g/mol. The fraction of sp³-hybridized carbons (Fsp3) is 0.769. The van der Waals surface area contributed by atoms with Gasteiger partial charge in [-0.25, -0.2) is 14.4 Å². The molecule has 0 unspecified atom stereocenters. The number of rotatable bonds is 9. The molecule has 0 atom stereocenters. The van der Waals surface area contributed by atoms with E-state index in [4.69, 9.17) is 10.2 Å². The van der Waals surface area contributed by atoms with Gasteiger partial charge >= 0.3 is 18.3 Å². The molecule has 0 saturated carbocycles. The van der Waals surface area contributed by atoms with Crippen LogP contribution in [0.2, 0.25) is 0 Å². The number of carbonyl (C=O) groups is 3. The highest BCUT2D eigenvalue weighted by Gasteiger charge is 2.26. The predicted molar refractivity (Wildman–Crippen MR) is 83.0 cm³/mol. The van der Waals surface area contributed by atoms with Gasteiger partial charge in [0.2, 0.25) is 0 Å². The molecule has 0 heterocycles. The van der Waals surface area contributed by atoms with Crippen molar-refractivity contribution in [2.75, 3.05) is 39.3 Å². The van der Waals surface area contributed by atoms with Crippen molar-refractivity contribution < 1.29 is 29.7 Å². The summed E-state index contributed by atoms with van der Waals surface area (Å²) in [6, 6.07) is 0. The Kier molecular flexibility index (Phi) is 8.78. The van der Waals surface area contributed by atoms with Crippen LogP contribution in [0.25, 0.3) is 0 Å². The van der Waals surface area contributed by atoms with Gasteiger partial charge in [-0.05, 0) is 20.8 Å². The minimum atomic E-state index is -1.14. The van der Waals surface area contributed by atoms with Gasteiger partial charge in [-0.15, -0.1) is 0 Å². The van der Waals surface area contributed by atoms with Gasteiger partial charge in [0.25, 0.3) is 0 Å². The van der Waals surface area contributed by atoms with Gasteiger partial charge in [-0.3, -0.25) is 4.90 Å². The Morgan fingerprint density at radius 1 is 0.826 bits per heavy atom. The van der Waals surface area contributed by atoms with Crippen molar-refractivity contribution in [1.82, 2.24) is 20.4 Å². The first-order valence-corrected chi connectivity index (χ1v) is 7.20. The van der Waals surface area contributed by atoms with Crippen molar-refractivity contribution in [3.63, 3.8) is 0 Å². The Labute approximate surface area is 135 Å². The Morgan fingerprint density at radius 2 is 1.26 bits per heavy atom. The summed E-state index contributed by atoms with van der Waals surface area (Å²) in [6.07, 6.45) is -3.32. The number of hydrogen-bond donors (Lipinski definition) is 5. The SMILES string of the molecule is CC(C)(C)N(CCN(CCNC(=O)O)CCNC(=O)O)C(=O)O. The number of hydrogen-bond acceptors (Lipinski definition) is 4. The monoisotopic (exact) mass is 334 g/mol. The maximum absolute atomic E-state index is 11.3. The van der Waals surface area contributed by atoms with E-state index in [1.807, 2.05) is 0 Å². The lowest BCUT2D eigenvalue weighted by atomic mass is 10.1. The van der Waals surface area contributed by atoms with E-state index < -0.39 is 23.8 Å². The van der Waals surface area contributed by atoms with Crippen LogP contribution in [0.5, 0.6) is 0 Å². The first kappa shape index (κ1) is 20.8. The molecule has 0 aliphatic heterocycles. The smallest absolute Gasteiger partial charge is 0.407 e. The summed E-state index contributed by atoms with van der Waals surface area (Å²) in [5.41, 5.74) is -0.559. The molecule has 134 valence electrons. The van der Waals surface area contributed by atoms with Gasteiger partial charge in [0.15, 0.2) is 0 Å². The predicted octanol–water partition coefficient (Wildman–Crippen LogP) is 0.602. The van der Waals surface area contributed by atoms with Crippen LogP contribution in [0, 0.1) is 0 Å².